The molecule has 246 valence electrons. The molecule has 2 aromatic heterocycles. The van der Waals surface area contributed by atoms with Gasteiger partial charge in [0.2, 0.25) is 0 Å². The molecule has 0 bridgehead atoms. The molecule has 4 aromatic rings. The summed E-state index contributed by atoms with van der Waals surface area (Å²) in [6.07, 6.45) is 8.64. The van der Waals surface area contributed by atoms with Crippen molar-refractivity contribution in [2.75, 3.05) is 31.6 Å². The highest BCUT2D eigenvalue weighted by atomic mass is 16.5. The van der Waals surface area contributed by atoms with Crippen LogP contribution in [0.4, 0.5) is 11.5 Å². The van der Waals surface area contributed by atoms with Crippen molar-refractivity contribution < 1.29 is 24.5 Å². The maximum Gasteiger partial charge on any atom is 0.320 e. The lowest BCUT2D eigenvalue weighted by molar-refractivity contribution is -0.145. The molecule has 0 saturated carbocycles. The summed E-state index contributed by atoms with van der Waals surface area (Å²) < 4.78 is 6.20. The van der Waals surface area contributed by atoms with Crippen LogP contribution in [0.25, 0.3) is 22.0 Å². The fraction of sp³-hybridized carbons (Fsp3) is 0.405. The van der Waals surface area contributed by atoms with Gasteiger partial charge in [0.25, 0.3) is 0 Å². The second-order valence-corrected chi connectivity index (χ2v) is 12.7. The molecule has 4 heterocycles. The molecule has 2 unspecified atom stereocenters. The fourth-order valence-corrected chi connectivity index (χ4v) is 7.05. The number of piperidine rings is 1. The van der Waals surface area contributed by atoms with Crippen LogP contribution in [0.3, 0.4) is 0 Å². The molecule has 2 saturated heterocycles. The van der Waals surface area contributed by atoms with Crippen molar-refractivity contribution in [2.45, 2.75) is 71.0 Å². The van der Waals surface area contributed by atoms with E-state index >= 15 is 0 Å². The molecule has 0 aliphatic carbocycles. The standard InChI is InChI=1S/C37H43N5O5/c1-24-28(29-10-6-14-33(25(29)2)47-20-8-19-41-18-7-13-31(41)36(43)44)9-5-11-30(24)40-35-34-27(15-16-38-35)21-26(22-39-34)23-42-17-4-3-12-32(42)37(45)46/h5-6,9-11,14-16,21-22,31-32H,3-4,7-8,12-13,17-20,23H2,1-2H3,(H,38,40)(H,43,44)(H,45,46). The summed E-state index contributed by atoms with van der Waals surface area (Å²) in [5, 5.41) is 23.6. The summed E-state index contributed by atoms with van der Waals surface area (Å²) in [5.41, 5.74) is 6.96. The molecule has 0 amide bonds. The Labute approximate surface area is 275 Å². The minimum atomic E-state index is -0.758. The van der Waals surface area contributed by atoms with Gasteiger partial charge in [-0.1, -0.05) is 30.7 Å². The van der Waals surface area contributed by atoms with Gasteiger partial charge in [0.1, 0.15) is 23.3 Å². The first-order valence-corrected chi connectivity index (χ1v) is 16.6. The zero-order chi connectivity index (χ0) is 32.9. The molecule has 6 rings (SSSR count). The summed E-state index contributed by atoms with van der Waals surface area (Å²) in [4.78, 5) is 36.8. The topological polar surface area (TPSA) is 128 Å². The minimum absolute atomic E-state index is 0.376. The first-order valence-electron chi connectivity index (χ1n) is 16.6. The first kappa shape index (κ1) is 32.4. The highest BCUT2D eigenvalue weighted by Gasteiger charge is 2.30. The number of anilines is 2. The maximum atomic E-state index is 11.8. The lowest BCUT2D eigenvalue weighted by Crippen LogP contribution is -2.44. The van der Waals surface area contributed by atoms with Crippen LogP contribution in [0.2, 0.25) is 0 Å². The molecule has 0 radical (unpaired) electrons. The van der Waals surface area contributed by atoms with Crippen molar-refractivity contribution in [1.29, 1.82) is 0 Å². The molecular formula is C37H43N5O5. The number of likely N-dealkylation sites (tertiary alicyclic amines) is 2. The Hall–Kier alpha value is -4.54. The number of rotatable bonds is 12. The molecular weight excluding hydrogens is 594 g/mol. The number of nitrogens with one attached hydrogen (secondary N) is 1. The van der Waals surface area contributed by atoms with E-state index in [1.54, 1.807) is 6.20 Å². The van der Waals surface area contributed by atoms with Crippen molar-refractivity contribution >= 4 is 34.3 Å². The third-order valence-corrected chi connectivity index (χ3v) is 9.60. The summed E-state index contributed by atoms with van der Waals surface area (Å²) in [5.74, 6) is -0.00781. The zero-order valence-electron chi connectivity index (χ0n) is 27.1. The normalized spacial score (nSPS) is 18.8. The van der Waals surface area contributed by atoms with Crippen LogP contribution in [0.15, 0.2) is 60.9 Å². The number of benzene rings is 2. The van der Waals surface area contributed by atoms with E-state index in [9.17, 15) is 19.8 Å². The third-order valence-electron chi connectivity index (χ3n) is 9.60. The Morgan fingerprint density at radius 3 is 2.43 bits per heavy atom. The van der Waals surface area contributed by atoms with E-state index < -0.39 is 18.0 Å². The van der Waals surface area contributed by atoms with E-state index in [2.05, 4.69) is 42.3 Å². The van der Waals surface area contributed by atoms with Crippen LogP contribution in [0.1, 0.15) is 55.2 Å². The lowest BCUT2D eigenvalue weighted by Gasteiger charge is -2.32. The van der Waals surface area contributed by atoms with Gasteiger partial charge in [0.05, 0.1) is 6.61 Å². The molecule has 3 N–H and O–H groups in total. The van der Waals surface area contributed by atoms with Crippen LogP contribution in [0, 0.1) is 13.8 Å². The molecule has 10 nitrogen and oxygen atoms in total. The number of aliphatic carboxylic acids is 2. The Morgan fingerprint density at radius 1 is 0.894 bits per heavy atom. The Balaban J connectivity index is 1.16. The van der Waals surface area contributed by atoms with Gasteiger partial charge in [-0.25, -0.2) is 4.98 Å². The number of pyridine rings is 2. The second-order valence-electron chi connectivity index (χ2n) is 12.7. The molecule has 10 heteroatoms. The second kappa shape index (κ2) is 14.5. The molecule has 2 fully saturated rings. The Bertz CT molecular complexity index is 1760. The quantitative estimate of drug-likeness (QED) is 0.150. The number of aromatic nitrogens is 2. The van der Waals surface area contributed by atoms with E-state index in [-0.39, 0.29) is 6.04 Å². The van der Waals surface area contributed by atoms with Gasteiger partial charge >= 0.3 is 11.9 Å². The molecule has 47 heavy (non-hydrogen) atoms. The fourth-order valence-electron chi connectivity index (χ4n) is 7.05. The number of carbonyl (C=O) groups is 2. The largest absolute Gasteiger partial charge is 0.493 e. The monoisotopic (exact) mass is 637 g/mol. The van der Waals surface area contributed by atoms with Crippen LogP contribution in [-0.4, -0.2) is 80.2 Å². The third kappa shape index (κ3) is 7.24. The average molecular weight is 638 g/mol. The summed E-state index contributed by atoms with van der Waals surface area (Å²) >= 11 is 0. The maximum absolute atomic E-state index is 11.8. The van der Waals surface area contributed by atoms with Gasteiger partial charge in [-0.15, -0.1) is 0 Å². The van der Waals surface area contributed by atoms with Crippen molar-refractivity contribution in [2.24, 2.45) is 0 Å². The minimum Gasteiger partial charge on any atom is -0.493 e. The molecule has 2 atom stereocenters. The molecule has 2 aliphatic heterocycles. The van der Waals surface area contributed by atoms with Crippen LogP contribution in [0.5, 0.6) is 5.75 Å². The summed E-state index contributed by atoms with van der Waals surface area (Å²) in [6.45, 7) is 7.55. The predicted molar refractivity (Wildman–Crippen MR) is 182 cm³/mol. The van der Waals surface area contributed by atoms with Crippen molar-refractivity contribution in [3.8, 4) is 16.9 Å². The molecule has 2 aromatic carbocycles. The number of nitrogens with zero attached hydrogens (tertiary/aromatic N) is 4. The van der Waals surface area contributed by atoms with Gasteiger partial charge in [0.15, 0.2) is 5.82 Å². The number of ether oxygens (including phenoxy) is 1. The molecule has 2 aliphatic rings. The lowest BCUT2D eigenvalue weighted by atomic mass is 9.95. The number of fused-ring (bicyclic) bond motifs is 1. The van der Waals surface area contributed by atoms with Gasteiger partial charge in [0, 0.05) is 36.6 Å². The average Bonchev–Trinajstić information content (AvgIpc) is 3.54. The number of carboxylic acids is 2. The smallest absolute Gasteiger partial charge is 0.320 e. The van der Waals surface area contributed by atoms with Gasteiger partial charge in [-0.05, 0) is 111 Å². The molecule has 0 spiro atoms. The SMILES string of the molecule is Cc1c(Nc2nccc3cc(CN4CCCCC4C(=O)O)cnc23)cccc1-c1cccc(OCCCN2CCCC2C(=O)O)c1C. The van der Waals surface area contributed by atoms with E-state index in [0.717, 1.165) is 88.9 Å². The van der Waals surface area contributed by atoms with Crippen LogP contribution in [-0.2, 0) is 16.1 Å². The van der Waals surface area contributed by atoms with Crippen molar-refractivity contribution in [3.63, 3.8) is 0 Å². The van der Waals surface area contributed by atoms with Gasteiger partial charge in [-0.3, -0.25) is 24.4 Å². The highest BCUT2D eigenvalue weighted by molar-refractivity contribution is 5.91. The van der Waals surface area contributed by atoms with Gasteiger partial charge < -0.3 is 20.3 Å². The van der Waals surface area contributed by atoms with E-state index in [1.165, 1.54) is 0 Å². The number of hydrogen-bond donors (Lipinski definition) is 3. The highest BCUT2D eigenvalue weighted by Crippen LogP contribution is 2.36. The summed E-state index contributed by atoms with van der Waals surface area (Å²) in [7, 11) is 0. The zero-order valence-corrected chi connectivity index (χ0v) is 27.1. The Morgan fingerprint density at radius 2 is 1.62 bits per heavy atom. The van der Waals surface area contributed by atoms with E-state index in [1.807, 2.05) is 46.3 Å². The summed E-state index contributed by atoms with van der Waals surface area (Å²) in [6, 6.07) is 15.5. The first-order chi connectivity index (χ1) is 22.8. The van der Waals surface area contributed by atoms with E-state index in [0.29, 0.717) is 38.4 Å². The number of carboxylic acid groups (broad SMARTS) is 2. The van der Waals surface area contributed by atoms with Crippen LogP contribution >= 0.6 is 0 Å². The van der Waals surface area contributed by atoms with E-state index in [4.69, 9.17) is 9.72 Å². The predicted octanol–water partition coefficient (Wildman–Crippen LogP) is 6.41. The van der Waals surface area contributed by atoms with Crippen LogP contribution < -0.4 is 10.1 Å². The van der Waals surface area contributed by atoms with Crippen molar-refractivity contribution in [3.05, 3.63) is 77.6 Å². The Kier molecular flexibility index (Phi) is 9.98. The van der Waals surface area contributed by atoms with Crippen molar-refractivity contribution in [1.82, 2.24) is 19.8 Å². The number of hydrogen-bond acceptors (Lipinski definition) is 8. The van der Waals surface area contributed by atoms with Gasteiger partial charge in [-0.2, -0.15) is 0 Å².